The SMILES string of the molecule is CC1CCN(C(=O)C(C)Oc2ccccc2C(C)C)CC1. The minimum Gasteiger partial charge on any atom is -0.481 e. The molecule has 1 atom stereocenters. The molecule has 3 nitrogen and oxygen atoms in total. The van der Waals surface area contributed by atoms with E-state index in [0.29, 0.717) is 5.92 Å². The fourth-order valence-corrected chi connectivity index (χ4v) is 2.79. The van der Waals surface area contributed by atoms with Crippen molar-refractivity contribution < 1.29 is 9.53 Å². The van der Waals surface area contributed by atoms with Crippen LogP contribution in [-0.2, 0) is 4.79 Å². The number of carbonyl (C=O) groups is 1. The van der Waals surface area contributed by atoms with Crippen molar-refractivity contribution in [1.82, 2.24) is 4.90 Å². The standard InChI is InChI=1S/C18H27NO2/c1-13(2)16-7-5-6-8-17(16)21-15(4)18(20)19-11-9-14(3)10-12-19/h5-8,13-15H,9-12H2,1-4H3. The number of rotatable bonds is 4. The summed E-state index contributed by atoms with van der Waals surface area (Å²) in [6, 6.07) is 8.00. The van der Waals surface area contributed by atoms with E-state index in [4.69, 9.17) is 4.74 Å². The average molecular weight is 289 g/mol. The van der Waals surface area contributed by atoms with E-state index in [-0.39, 0.29) is 5.91 Å². The van der Waals surface area contributed by atoms with Gasteiger partial charge >= 0.3 is 0 Å². The Labute approximate surface area is 128 Å². The highest BCUT2D eigenvalue weighted by molar-refractivity contribution is 5.81. The van der Waals surface area contributed by atoms with E-state index in [1.807, 2.05) is 30.0 Å². The zero-order valence-electron chi connectivity index (χ0n) is 13.6. The summed E-state index contributed by atoms with van der Waals surface area (Å²) in [4.78, 5) is 14.4. The van der Waals surface area contributed by atoms with Crippen LogP contribution in [0.3, 0.4) is 0 Å². The Balaban J connectivity index is 2.01. The lowest BCUT2D eigenvalue weighted by Crippen LogP contribution is -2.44. The van der Waals surface area contributed by atoms with Crippen LogP contribution in [0.2, 0.25) is 0 Å². The molecule has 0 saturated carbocycles. The quantitative estimate of drug-likeness (QED) is 0.843. The second-order valence-corrected chi connectivity index (χ2v) is 6.46. The molecular weight excluding hydrogens is 262 g/mol. The summed E-state index contributed by atoms with van der Waals surface area (Å²) in [5.74, 6) is 2.06. The van der Waals surface area contributed by atoms with E-state index in [1.165, 1.54) is 0 Å². The molecule has 0 bridgehead atoms. The Morgan fingerprint density at radius 3 is 2.43 bits per heavy atom. The lowest BCUT2D eigenvalue weighted by Gasteiger charge is -2.32. The molecule has 0 aliphatic carbocycles. The molecule has 1 unspecified atom stereocenters. The molecule has 21 heavy (non-hydrogen) atoms. The van der Waals surface area contributed by atoms with Crippen molar-refractivity contribution in [2.24, 2.45) is 5.92 Å². The molecule has 1 aromatic rings. The molecule has 1 aliphatic rings. The second-order valence-electron chi connectivity index (χ2n) is 6.46. The van der Waals surface area contributed by atoms with E-state index in [9.17, 15) is 4.79 Å². The van der Waals surface area contributed by atoms with Crippen LogP contribution < -0.4 is 4.74 Å². The Kier molecular flexibility index (Phi) is 5.27. The lowest BCUT2D eigenvalue weighted by atomic mass is 9.99. The minimum atomic E-state index is -0.418. The van der Waals surface area contributed by atoms with E-state index >= 15 is 0 Å². The highest BCUT2D eigenvalue weighted by Crippen LogP contribution is 2.27. The normalized spacial score (nSPS) is 17.9. The van der Waals surface area contributed by atoms with Gasteiger partial charge in [-0.25, -0.2) is 0 Å². The maximum Gasteiger partial charge on any atom is 0.263 e. The van der Waals surface area contributed by atoms with E-state index in [2.05, 4.69) is 26.8 Å². The Bertz CT molecular complexity index is 476. The van der Waals surface area contributed by atoms with Gasteiger partial charge in [-0.2, -0.15) is 0 Å². The van der Waals surface area contributed by atoms with Gasteiger partial charge in [0.15, 0.2) is 6.10 Å². The molecule has 2 rings (SSSR count). The topological polar surface area (TPSA) is 29.5 Å². The first-order chi connectivity index (χ1) is 9.99. The second kappa shape index (κ2) is 6.97. The molecule has 3 heteroatoms. The number of likely N-dealkylation sites (tertiary alicyclic amines) is 1. The molecule has 0 spiro atoms. The number of piperidine rings is 1. The first kappa shape index (κ1) is 15.9. The number of benzene rings is 1. The number of amides is 1. The molecule has 1 amide bonds. The van der Waals surface area contributed by atoms with Crippen LogP contribution in [-0.4, -0.2) is 30.0 Å². The van der Waals surface area contributed by atoms with Gasteiger partial charge in [-0.1, -0.05) is 39.0 Å². The predicted molar refractivity (Wildman–Crippen MR) is 85.6 cm³/mol. The van der Waals surface area contributed by atoms with Crippen LogP contribution in [0.4, 0.5) is 0 Å². The molecule has 1 saturated heterocycles. The smallest absolute Gasteiger partial charge is 0.263 e. The third-order valence-electron chi connectivity index (χ3n) is 4.29. The maximum absolute atomic E-state index is 12.5. The molecule has 1 aromatic carbocycles. The summed E-state index contributed by atoms with van der Waals surface area (Å²) in [5, 5.41) is 0. The third-order valence-corrected chi connectivity index (χ3v) is 4.29. The van der Waals surface area contributed by atoms with Gasteiger partial charge in [-0.05, 0) is 43.2 Å². The van der Waals surface area contributed by atoms with Crippen molar-refractivity contribution in [2.45, 2.75) is 52.6 Å². The van der Waals surface area contributed by atoms with Gasteiger partial charge < -0.3 is 9.64 Å². The molecule has 116 valence electrons. The van der Waals surface area contributed by atoms with Gasteiger partial charge in [0.2, 0.25) is 0 Å². The van der Waals surface area contributed by atoms with Crippen LogP contribution >= 0.6 is 0 Å². The van der Waals surface area contributed by atoms with Crippen molar-refractivity contribution in [1.29, 1.82) is 0 Å². The third kappa shape index (κ3) is 3.99. The van der Waals surface area contributed by atoms with E-state index in [1.54, 1.807) is 0 Å². The monoisotopic (exact) mass is 289 g/mol. The highest BCUT2D eigenvalue weighted by atomic mass is 16.5. The predicted octanol–water partition coefficient (Wildman–Crippen LogP) is 3.84. The van der Waals surface area contributed by atoms with Gasteiger partial charge in [-0.3, -0.25) is 4.79 Å². The van der Waals surface area contributed by atoms with Crippen molar-refractivity contribution in [3.63, 3.8) is 0 Å². The highest BCUT2D eigenvalue weighted by Gasteiger charge is 2.26. The summed E-state index contributed by atoms with van der Waals surface area (Å²) >= 11 is 0. The molecule has 1 aliphatic heterocycles. The summed E-state index contributed by atoms with van der Waals surface area (Å²) in [6.07, 6.45) is 1.78. The van der Waals surface area contributed by atoms with Gasteiger partial charge in [-0.15, -0.1) is 0 Å². The van der Waals surface area contributed by atoms with Crippen molar-refractivity contribution in [3.8, 4) is 5.75 Å². The Hall–Kier alpha value is -1.51. The zero-order chi connectivity index (χ0) is 15.4. The number of nitrogens with zero attached hydrogens (tertiary/aromatic N) is 1. The molecular formula is C18H27NO2. The first-order valence-electron chi connectivity index (χ1n) is 8.03. The van der Waals surface area contributed by atoms with Gasteiger partial charge in [0.05, 0.1) is 0 Å². The maximum atomic E-state index is 12.5. The number of hydrogen-bond donors (Lipinski definition) is 0. The zero-order valence-corrected chi connectivity index (χ0v) is 13.6. The van der Waals surface area contributed by atoms with E-state index < -0.39 is 6.10 Å². The Morgan fingerprint density at radius 1 is 1.19 bits per heavy atom. The number of carbonyl (C=O) groups excluding carboxylic acids is 1. The molecule has 0 N–H and O–H groups in total. The van der Waals surface area contributed by atoms with Gasteiger partial charge in [0, 0.05) is 13.1 Å². The summed E-state index contributed by atoms with van der Waals surface area (Å²) in [6.45, 7) is 10.1. The van der Waals surface area contributed by atoms with E-state index in [0.717, 1.165) is 43.2 Å². The fourth-order valence-electron chi connectivity index (χ4n) is 2.79. The minimum absolute atomic E-state index is 0.112. The number of hydrogen-bond acceptors (Lipinski definition) is 2. The van der Waals surface area contributed by atoms with Crippen LogP contribution in [0.5, 0.6) is 5.75 Å². The van der Waals surface area contributed by atoms with Crippen molar-refractivity contribution >= 4 is 5.91 Å². The van der Waals surface area contributed by atoms with Crippen molar-refractivity contribution in [3.05, 3.63) is 29.8 Å². The van der Waals surface area contributed by atoms with Crippen LogP contribution in [0.15, 0.2) is 24.3 Å². The number of ether oxygens (including phenoxy) is 1. The summed E-state index contributed by atoms with van der Waals surface area (Å²) < 4.78 is 5.96. The van der Waals surface area contributed by atoms with Crippen LogP contribution in [0, 0.1) is 5.92 Å². The Morgan fingerprint density at radius 2 is 1.81 bits per heavy atom. The van der Waals surface area contributed by atoms with Gasteiger partial charge in [0.1, 0.15) is 5.75 Å². The van der Waals surface area contributed by atoms with Gasteiger partial charge in [0.25, 0.3) is 5.91 Å². The lowest BCUT2D eigenvalue weighted by molar-refractivity contribution is -0.139. The molecule has 0 aromatic heterocycles. The summed E-state index contributed by atoms with van der Waals surface area (Å²) in [5.41, 5.74) is 1.16. The van der Waals surface area contributed by atoms with Crippen LogP contribution in [0.1, 0.15) is 52.0 Å². The molecule has 1 fully saturated rings. The molecule has 1 heterocycles. The van der Waals surface area contributed by atoms with Crippen molar-refractivity contribution in [2.75, 3.05) is 13.1 Å². The van der Waals surface area contributed by atoms with Crippen LogP contribution in [0.25, 0.3) is 0 Å². The summed E-state index contributed by atoms with van der Waals surface area (Å²) in [7, 11) is 0. The average Bonchev–Trinajstić information content (AvgIpc) is 2.47. The molecule has 0 radical (unpaired) electrons. The number of para-hydroxylation sites is 1. The first-order valence-corrected chi connectivity index (χ1v) is 8.03. The largest absolute Gasteiger partial charge is 0.481 e. The fraction of sp³-hybridized carbons (Fsp3) is 0.611.